The highest BCUT2D eigenvalue weighted by Crippen LogP contribution is 2.34. The normalized spacial score (nSPS) is 21.0. The first-order valence-electron chi connectivity index (χ1n) is 6.38. The maximum atomic E-state index is 3.45. The van der Waals surface area contributed by atoms with Crippen LogP contribution in [0.5, 0.6) is 0 Å². The maximum absolute atomic E-state index is 3.45. The summed E-state index contributed by atoms with van der Waals surface area (Å²) in [6.45, 7) is 2.43. The maximum Gasteiger partial charge on any atom is 0.0107 e. The Morgan fingerprint density at radius 1 is 1.25 bits per heavy atom. The van der Waals surface area contributed by atoms with Crippen LogP contribution in [0.15, 0.2) is 23.1 Å². The van der Waals surface area contributed by atoms with Crippen molar-refractivity contribution in [3.8, 4) is 0 Å². The lowest BCUT2D eigenvalue weighted by molar-refractivity contribution is 0.372. The average molecular weight is 233 g/mol. The van der Waals surface area contributed by atoms with Crippen molar-refractivity contribution in [2.45, 2.75) is 30.6 Å². The van der Waals surface area contributed by atoms with Gasteiger partial charge in [-0.3, -0.25) is 0 Å². The van der Waals surface area contributed by atoms with Crippen molar-refractivity contribution in [3.63, 3.8) is 0 Å². The molecule has 0 spiro atoms. The van der Waals surface area contributed by atoms with Gasteiger partial charge in [0.1, 0.15) is 0 Å². The zero-order valence-corrected chi connectivity index (χ0v) is 10.5. The Hall–Kier alpha value is -0.470. The number of benzene rings is 1. The Morgan fingerprint density at radius 3 is 3.00 bits per heavy atom. The lowest BCUT2D eigenvalue weighted by Gasteiger charge is -2.23. The Balaban J connectivity index is 1.76. The van der Waals surface area contributed by atoms with E-state index in [1.54, 1.807) is 16.0 Å². The highest BCUT2D eigenvalue weighted by atomic mass is 32.2. The third-order valence-corrected chi connectivity index (χ3v) is 4.91. The minimum Gasteiger partial charge on any atom is -0.317 e. The summed E-state index contributed by atoms with van der Waals surface area (Å²) >= 11 is 2.03. The predicted octanol–water partition coefficient (Wildman–Crippen LogP) is 2.88. The Morgan fingerprint density at radius 2 is 2.12 bits per heavy atom. The molecule has 0 bridgehead atoms. The second-order valence-electron chi connectivity index (χ2n) is 4.89. The molecule has 2 heteroatoms. The van der Waals surface area contributed by atoms with Crippen molar-refractivity contribution < 1.29 is 0 Å². The molecule has 3 rings (SSSR count). The van der Waals surface area contributed by atoms with Gasteiger partial charge in [0.15, 0.2) is 0 Å². The topological polar surface area (TPSA) is 12.0 Å². The molecule has 0 unspecified atom stereocenters. The molecule has 2 heterocycles. The molecule has 0 aliphatic carbocycles. The van der Waals surface area contributed by atoms with Crippen LogP contribution in [-0.4, -0.2) is 18.8 Å². The van der Waals surface area contributed by atoms with Crippen molar-refractivity contribution in [2.24, 2.45) is 5.92 Å². The van der Waals surface area contributed by atoms with Gasteiger partial charge in [-0.1, -0.05) is 12.1 Å². The van der Waals surface area contributed by atoms with Crippen LogP contribution < -0.4 is 5.32 Å². The van der Waals surface area contributed by atoms with Crippen LogP contribution in [0.2, 0.25) is 0 Å². The molecule has 1 N–H and O–H groups in total. The summed E-state index contributed by atoms with van der Waals surface area (Å²) in [5.74, 6) is 2.21. The fourth-order valence-electron chi connectivity index (χ4n) is 2.88. The first-order chi connectivity index (χ1) is 7.93. The summed E-state index contributed by atoms with van der Waals surface area (Å²) in [7, 11) is 0. The van der Waals surface area contributed by atoms with E-state index in [0.29, 0.717) is 0 Å². The van der Waals surface area contributed by atoms with E-state index in [1.165, 1.54) is 44.5 Å². The smallest absolute Gasteiger partial charge is 0.0107 e. The van der Waals surface area contributed by atoms with Gasteiger partial charge >= 0.3 is 0 Å². The van der Waals surface area contributed by atoms with E-state index in [1.807, 2.05) is 11.8 Å². The van der Waals surface area contributed by atoms with Crippen LogP contribution in [0.25, 0.3) is 0 Å². The Kier molecular flexibility index (Phi) is 3.20. The molecule has 86 valence electrons. The molecule has 1 fully saturated rings. The predicted molar refractivity (Wildman–Crippen MR) is 70.2 cm³/mol. The second-order valence-corrected chi connectivity index (χ2v) is 6.03. The molecule has 1 nitrogen and oxygen atoms in total. The number of hydrogen-bond donors (Lipinski definition) is 1. The van der Waals surface area contributed by atoms with Gasteiger partial charge in [-0.15, -0.1) is 11.8 Å². The number of thioether (sulfide) groups is 1. The van der Waals surface area contributed by atoms with Crippen molar-refractivity contribution >= 4 is 11.8 Å². The third-order valence-electron chi connectivity index (χ3n) is 3.81. The number of fused-ring (bicyclic) bond motifs is 1. The van der Waals surface area contributed by atoms with Gasteiger partial charge < -0.3 is 5.32 Å². The average Bonchev–Trinajstić information content (AvgIpc) is 2.80. The van der Waals surface area contributed by atoms with Gasteiger partial charge in [-0.05, 0) is 61.9 Å². The molecule has 0 amide bonds. The molecule has 1 aromatic carbocycles. The molecule has 1 aromatic rings. The zero-order valence-electron chi connectivity index (χ0n) is 9.67. The Labute approximate surface area is 102 Å². The number of piperidine rings is 1. The molecule has 0 radical (unpaired) electrons. The molecule has 0 atom stereocenters. The van der Waals surface area contributed by atoms with Gasteiger partial charge in [-0.25, -0.2) is 0 Å². The molecule has 2 aliphatic heterocycles. The zero-order chi connectivity index (χ0) is 10.8. The first kappa shape index (κ1) is 10.7. The van der Waals surface area contributed by atoms with E-state index < -0.39 is 0 Å². The van der Waals surface area contributed by atoms with Crippen molar-refractivity contribution in [3.05, 3.63) is 29.3 Å². The van der Waals surface area contributed by atoms with Crippen molar-refractivity contribution in [1.82, 2.24) is 5.32 Å². The SMILES string of the molecule is c1cc(CC2CCNCC2)c2c(c1)SCC2. The molecular formula is C14H19NS. The number of hydrogen-bond acceptors (Lipinski definition) is 2. The largest absolute Gasteiger partial charge is 0.317 e. The fraction of sp³-hybridized carbons (Fsp3) is 0.571. The van der Waals surface area contributed by atoms with Crippen LogP contribution in [0.1, 0.15) is 24.0 Å². The summed E-state index contributed by atoms with van der Waals surface area (Å²) < 4.78 is 0. The number of rotatable bonds is 2. The molecular weight excluding hydrogens is 214 g/mol. The molecule has 0 saturated carbocycles. The van der Waals surface area contributed by atoms with Crippen molar-refractivity contribution in [2.75, 3.05) is 18.8 Å². The Bertz CT molecular complexity index is 369. The highest BCUT2D eigenvalue weighted by molar-refractivity contribution is 7.99. The van der Waals surface area contributed by atoms with Gasteiger partial charge in [0.2, 0.25) is 0 Å². The third kappa shape index (κ3) is 2.14. The summed E-state index contributed by atoms with van der Waals surface area (Å²) in [6, 6.07) is 6.89. The molecule has 1 saturated heterocycles. The monoisotopic (exact) mass is 233 g/mol. The first-order valence-corrected chi connectivity index (χ1v) is 7.36. The van der Waals surface area contributed by atoms with E-state index in [4.69, 9.17) is 0 Å². The summed E-state index contributed by atoms with van der Waals surface area (Å²) in [6.07, 6.45) is 5.32. The van der Waals surface area contributed by atoms with Gasteiger partial charge in [0, 0.05) is 10.6 Å². The lowest BCUT2D eigenvalue weighted by atomic mass is 9.88. The minimum absolute atomic E-state index is 0.915. The summed E-state index contributed by atoms with van der Waals surface area (Å²) in [5.41, 5.74) is 3.29. The summed E-state index contributed by atoms with van der Waals surface area (Å²) in [5, 5.41) is 3.45. The van der Waals surface area contributed by atoms with E-state index in [0.717, 1.165) is 5.92 Å². The van der Waals surface area contributed by atoms with E-state index in [2.05, 4.69) is 23.5 Å². The summed E-state index contributed by atoms with van der Waals surface area (Å²) in [4.78, 5) is 1.55. The standard InChI is InChI=1S/C14H19NS/c1-2-12(10-11-4-7-15-8-5-11)13-6-9-16-14(13)3-1/h1-3,11,15H,4-10H2. The van der Waals surface area contributed by atoms with Crippen LogP contribution in [-0.2, 0) is 12.8 Å². The van der Waals surface area contributed by atoms with Gasteiger partial charge in [0.05, 0.1) is 0 Å². The second kappa shape index (κ2) is 4.80. The van der Waals surface area contributed by atoms with Crippen LogP contribution >= 0.6 is 11.8 Å². The van der Waals surface area contributed by atoms with Crippen LogP contribution in [0, 0.1) is 5.92 Å². The van der Waals surface area contributed by atoms with Crippen LogP contribution in [0.3, 0.4) is 0 Å². The molecule has 16 heavy (non-hydrogen) atoms. The quantitative estimate of drug-likeness (QED) is 0.843. The number of nitrogens with one attached hydrogen (secondary N) is 1. The van der Waals surface area contributed by atoms with E-state index in [-0.39, 0.29) is 0 Å². The van der Waals surface area contributed by atoms with Crippen LogP contribution in [0.4, 0.5) is 0 Å². The van der Waals surface area contributed by atoms with E-state index >= 15 is 0 Å². The molecule has 2 aliphatic rings. The molecule has 0 aromatic heterocycles. The van der Waals surface area contributed by atoms with Crippen molar-refractivity contribution in [1.29, 1.82) is 0 Å². The highest BCUT2D eigenvalue weighted by Gasteiger charge is 2.19. The lowest BCUT2D eigenvalue weighted by Crippen LogP contribution is -2.28. The minimum atomic E-state index is 0.915. The fourth-order valence-corrected chi connectivity index (χ4v) is 3.99. The van der Waals surface area contributed by atoms with Gasteiger partial charge in [0.25, 0.3) is 0 Å². The van der Waals surface area contributed by atoms with Gasteiger partial charge in [-0.2, -0.15) is 0 Å². The van der Waals surface area contributed by atoms with E-state index in [9.17, 15) is 0 Å².